The second-order valence-electron chi connectivity index (χ2n) is 7.78. The van der Waals surface area contributed by atoms with Gasteiger partial charge in [-0.1, -0.05) is 5.16 Å². The summed E-state index contributed by atoms with van der Waals surface area (Å²) < 4.78 is 25.1. The van der Waals surface area contributed by atoms with Crippen molar-refractivity contribution in [3.8, 4) is 11.4 Å². The van der Waals surface area contributed by atoms with Gasteiger partial charge >= 0.3 is 5.97 Å². The summed E-state index contributed by atoms with van der Waals surface area (Å²) in [5.41, 5.74) is 1.22. The van der Waals surface area contributed by atoms with Crippen LogP contribution in [-0.4, -0.2) is 51.7 Å². The van der Waals surface area contributed by atoms with Gasteiger partial charge in [0.2, 0.25) is 17.6 Å². The van der Waals surface area contributed by atoms with Crippen molar-refractivity contribution in [2.45, 2.75) is 38.1 Å². The molecule has 0 unspecified atom stereocenters. The number of nitrogens with zero attached hydrogens (tertiary/aromatic N) is 4. The lowest BCUT2D eigenvalue weighted by Gasteiger charge is -2.33. The van der Waals surface area contributed by atoms with E-state index in [4.69, 9.17) is 9.26 Å². The van der Waals surface area contributed by atoms with E-state index in [0.717, 1.165) is 12.8 Å². The summed E-state index contributed by atoms with van der Waals surface area (Å²) in [6.45, 7) is 1.30. The summed E-state index contributed by atoms with van der Waals surface area (Å²) in [4.78, 5) is 30.7. The second kappa shape index (κ2) is 9.76. The molecule has 168 valence electrons. The fourth-order valence-corrected chi connectivity index (χ4v) is 4.00. The Bertz CT molecular complexity index is 1070. The van der Waals surface area contributed by atoms with Crippen LogP contribution >= 0.6 is 0 Å². The van der Waals surface area contributed by atoms with Gasteiger partial charge in [0.15, 0.2) is 0 Å². The number of aryl methyl sites for hydroxylation is 1. The van der Waals surface area contributed by atoms with Gasteiger partial charge in [-0.05, 0) is 55.7 Å². The van der Waals surface area contributed by atoms with Crippen molar-refractivity contribution in [3.05, 3.63) is 60.0 Å². The first kappa shape index (κ1) is 21.7. The van der Waals surface area contributed by atoms with Gasteiger partial charge < -0.3 is 18.7 Å². The maximum Gasteiger partial charge on any atom is 0.354 e. The summed E-state index contributed by atoms with van der Waals surface area (Å²) in [6.07, 6.45) is 4.97. The van der Waals surface area contributed by atoms with Gasteiger partial charge in [0.1, 0.15) is 11.5 Å². The first-order valence-corrected chi connectivity index (χ1v) is 10.7. The fourth-order valence-electron chi connectivity index (χ4n) is 4.00. The van der Waals surface area contributed by atoms with Gasteiger partial charge in [0.25, 0.3) is 0 Å². The lowest BCUT2D eigenvalue weighted by molar-refractivity contribution is -0.132. The summed E-state index contributed by atoms with van der Waals surface area (Å²) >= 11 is 0. The third kappa shape index (κ3) is 4.87. The first-order chi connectivity index (χ1) is 15.5. The number of piperidine rings is 1. The molecule has 9 heteroatoms. The van der Waals surface area contributed by atoms with Gasteiger partial charge in [0.05, 0.1) is 7.11 Å². The molecule has 1 saturated heterocycles. The third-order valence-corrected chi connectivity index (χ3v) is 5.74. The molecule has 8 nitrogen and oxygen atoms in total. The fraction of sp³-hybridized carbons (Fsp3) is 0.391. The number of carbonyl (C=O) groups excluding carboxylic acids is 2. The van der Waals surface area contributed by atoms with Crippen LogP contribution in [0.1, 0.15) is 48.1 Å². The van der Waals surface area contributed by atoms with Crippen LogP contribution in [0.15, 0.2) is 47.1 Å². The number of likely N-dealkylation sites (tertiary alicyclic amines) is 1. The zero-order chi connectivity index (χ0) is 22.5. The molecule has 4 rings (SSSR count). The van der Waals surface area contributed by atoms with Gasteiger partial charge in [-0.2, -0.15) is 4.98 Å². The molecule has 1 amide bonds. The highest BCUT2D eigenvalue weighted by atomic mass is 19.1. The van der Waals surface area contributed by atoms with Crippen molar-refractivity contribution in [1.82, 2.24) is 19.6 Å². The van der Waals surface area contributed by atoms with Crippen LogP contribution in [0.4, 0.5) is 4.39 Å². The maximum absolute atomic E-state index is 13.0. The number of amides is 1. The first-order valence-electron chi connectivity index (χ1n) is 10.7. The molecule has 1 aliphatic heterocycles. The van der Waals surface area contributed by atoms with Crippen LogP contribution in [0.3, 0.4) is 0 Å². The van der Waals surface area contributed by atoms with E-state index in [1.807, 2.05) is 21.7 Å². The molecular formula is C23H25FN4O4. The summed E-state index contributed by atoms with van der Waals surface area (Å²) in [5, 5.41) is 3.92. The Balaban J connectivity index is 1.23. The van der Waals surface area contributed by atoms with Gasteiger partial charge in [0, 0.05) is 43.7 Å². The van der Waals surface area contributed by atoms with Crippen molar-refractivity contribution in [1.29, 1.82) is 0 Å². The molecule has 0 saturated carbocycles. The number of carbonyl (C=O) groups is 2. The standard InChI is InChI=1S/C23H25FN4O4/c1-31-23(30)19-4-3-13-28(19)18-11-14-27(15-12-18)21(29)6-2-5-20-25-22(26-32-20)16-7-9-17(24)10-8-16/h3-4,7-10,13,18H,2,5-6,11-12,14-15H2,1H3. The summed E-state index contributed by atoms with van der Waals surface area (Å²) in [6, 6.07) is 9.65. The predicted molar refractivity (Wildman–Crippen MR) is 113 cm³/mol. The van der Waals surface area contributed by atoms with Crippen molar-refractivity contribution in [2.24, 2.45) is 0 Å². The van der Waals surface area contributed by atoms with E-state index in [1.54, 1.807) is 18.2 Å². The molecule has 3 heterocycles. The number of hydrogen-bond acceptors (Lipinski definition) is 6. The maximum atomic E-state index is 13.0. The van der Waals surface area contributed by atoms with E-state index in [-0.39, 0.29) is 23.7 Å². The molecule has 1 fully saturated rings. The highest BCUT2D eigenvalue weighted by Crippen LogP contribution is 2.25. The molecule has 0 spiro atoms. The average Bonchev–Trinajstić information content (AvgIpc) is 3.49. The van der Waals surface area contributed by atoms with E-state index in [1.165, 1.54) is 19.2 Å². The minimum Gasteiger partial charge on any atom is -0.464 e. The number of hydrogen-bond donors (Lipinski definition) is 0. The molecule has 3 aromatic rings. The Kier molecular flexibility index (Phi) is 6.63. The lowest BCUT2D eigenvalue weighted by Crippen LogP contribution is -2.39. The molecule has 0 aliphatic carbocycles. The molecule has 0 N–H and O–H groups in total. The van der Waals surface area contributed by atoms with Gasteiger partial charge in [-0.25, -0.2) is 9.18 Å². The topological polar surface area (TPSA) is 90.5 Å². The molecule has 1 aliphatic rings. The highest BCUT2D eigenvalue weighted by Gasteiger charge is 2.26. The normalized spacial score (nSPS) is 14.5. The van der Waals surface area contributed by atoms with Crippen molar-refractivity contribution < 1.29 is 23.2 Å². The summed E-state index contributed by atoms with van der Waals surface area (Å²) in [7, 11) is 1.37. The SMILES string of the molecule is COC(=O)c1cccn1C1CCN(C(=O)CCCc2nc(-c3ccc(F)cc3)no2)CC1. The number of aromatic nitrogens is 3. The van der Waals surface area contributed by atoms with E-state index in [9.17, 15) is 14.0 Å². The number of methoxy groups -OCH3 is 1. The van der Waals surface area contributed by atoms with Crippen LogP contribution < -0.4 is 0 Å². The van der Waals surface area contributed by atoms with Crippen LogP contribution in [0.25, 0.3) is 11.4 Å². The monoisotopic (exact) mass is 440 g/mol. The smallest absolute Gasteiger partial charge is 0.354 e. The van der Waals surface area contributed by atoms with Crippen molar-refractivity contribution in [2.75, 3.05) is 20.2 Å². The van der Waals surface area contributed by atoms with Crippen LogP contribution in [0.5, 0.6) is 0 Å². The minimum absolute atomic E-state index is 0.0995. The molecule has 2 aromatic heterocycles. The largest absolute Gasteiger partial charge is 0.464 e. The Hall–Kier alpha value is -3.49. The van der Waals surface area contributed by atoms with Crippen molar-refractivity contribution in [3.63, 3.8) is 0 Å². The number of ether oxygens (including phenoxy) is 1. The number of rotatable bonds is 7. The van der Waals surface area contributed by atoms with E-state index >= 15 is 0 Å². The van der Waals surface area contributed by atoms with E-state index in [2.05, 4.69) is 10.1 Å². The molecule has 32 heavy (non-hydrogen) atoms. The van der Waals surface area contributed by atoms with Crippen LogP contribution in [0.2, 0.25) is 0 Å². The third-order valence-electron chi connectivity index (χ3n) is 5.74. The Labute approximate surface area is 185 Å². The van der Waals surface area contributed by atoms with Crippen molar-refractivity contribution >= 4 is 11.9 Å². The average molecular weight is 440 g/mol. The minimum atomic E-state index is -0.350. The zero-order valence-corrected chi connectivity index (χ0v) is 17.9. The summed E-state index contributed by atoms with van der Waals surface area (Å²) in [5.74, 6) is 0.292. The second-order valence-corrected chi connectivity index (χ2v) is 7.78. The predicted octanol–water partition coefficient (Wildman–Crippen LogP) is 3.65. The highest BCUT2D eigenvalue weighted by molar-refractivity contribution is 5.87. The Morgan fingerprint density at radius 2 is 1.94 bits per heavy atom. The molecular weight excluding hydrogens is 415 g/mol. The lowest BCUT2D eigenvalue weighted by atomic mass is 10.0. The Morgan fingerprint density at radius 1 is 1.19 bits per heavy atom. The van der Waals surface area contributed by atoms with Gasteiger partial charge in [-0.15, -0.1) is 0 Å². The molecule has 0 atom stereocenters. The van der Waals surface area contributed by atoms with Gasteiger partial charge in [-0.3, -0.25) is 4.79 Å². The van der Waals surface area contributed by atoms with E-state index in [0.29, 0.717) is 55.3 Å². The number of esters is 1. The number of benzene rings is 1. The molecule has 0 radical (unpaired) electrons. The molecule has 0 bridgehead atoms. The van der Waals surface area contributed by atoms with Crippen LogP contribution in [0, 0.1) is 5.82 Å². The quantitative estimate of drug-likeness (QED) is 0.521. The van der Waals surface area contributed by atoms with E-state index < -0.39 is 0 Å². The molecule has 1 aromatic carbocycles. The zero-order valence-electron chi connectivity index (χ0n) is 17.9. The number of halogens is 1. The Morgan fingerprint density at radius 3 is 2.66 bits per heavy atom. The van der Waals surface area contributed by atoms with Crippen LogP contribution in [-0.2, 0) is 16.0 Å².